The largest absolute Gasteiger partial charge is 0.508 e. The molecule has 0 aliphatic rings. The van der Waals surface area contributed by atoms with Crippen LogP contribution >= 0.6 is 0 Å². The van der Waals surface area contributed by atoms with Gasteiger partial charge in [-0.2, -0.15) is 0 Å². The zero-order chi connectivity index (χ0) is 20.9. The topological polar surface area (TPSA) is 92.1 Å². The average Bonchev–Trinajstić information content (AvgIpc) is 3.15. The summed E-state index contributed by atoms with van der Waals surface area (Å²) in [6.45, 7) is 0.644. The smallest absolute Gasteiger partial charge is 0.272 e. The molecule has 0 aliphatic heterocycles. The van der Waals surface area contributed by atoms with Gasteiger partial charge in [0.05, 0.1) is 0 Å². The summed E-state index contributed by atoms with van der Waals surface area (Å²) in [6.07, 6.45) is 5.31. The Kier molecular flexibility index (Phi) is 5.43. The van der Waals surface area contributed by atoms with Gasteiger partial charge in [0.25, 0.3) is 5.91 Å². The molecule has 1 amide bonds. The Bertz CT molecular complexity index is 1150. The lowest BCUT2D eigenvalue weighted by Crippen LogP contribution is -2.15. The van der Waals surface area contributed by atoms with Crippen molar-refractivity contribution in [3.05, 3.63) is 90.5 Å². The minimum absolute atomic E-state index is 0.0958. The van der Waals surface area contributed by atoms with E-state index < -0.39 is 0 Å². The number of carbonyl (C=O) groups is 1. The van der Waals surface area contributed by atoms with E-state index in [-0.39, 0.29) is 11.7 Å². The Morgan fingerprint density at radius 3 is 2.50 bits per heavy atom. The lowest BCUT2D eigenvalue weighted by atomic mass is 10.2. The van der Waals surface area contributed by atoms with Crippen LogP contribution in [0, 0.1) is 0 Å². The van der Waals surface area contributed by atoms with Gasteiger partial charge in [-0.15, -0.1) is 0 Å². The highest BCUT2D eigenvalue weighted by molar-refractivity contribution is 6.04. The molecule has 7 heteroatoms. The monoisotopic (exact) mass is 399 g/mol. The molecule has 7 nitrogen and oxygen atoms in total. The van der Waals surface area contributed by atoms with Crippen LogP contribution in [0.25, 0.3) is 11.1 Å². The predicted octanol–water partition coefficient (Wildman–Crippen LogP) is 4.05. The van der Waals surface area contributed by atoms with Crippen molar-refractivity contribution in [2.75, 3.05) is 10.6 Å². The third kappa shape index (κ3) is 4.47. The van der Waals surface area contributed by atoms with Crippen molar-refractivity contribution in [1.29, 1.82) is 0 Å². The summed E-state index contributed by atoms with van der Waals surface area (Å²) < 4.78 is 1.75. The Morgan fingerprint density at radius 2 is 1.77 bits per heavy atom. The summed E-state index contributed by atoms with van der Waals surface area (Å²) >= 11 is 0. The van der Waals surface area contributed by atoms with Crippen LogP contribution in [0.15, 0.2) is 79.3 Å². The summed E-state index contributed by atoms with van der Waals surface area (Å²) in [5.41, 5.74) is 3.82. The molecule has 0 spiro atoms. The van der Waals surface area contributed by atoms with Crippen molar-refractivity contribution >= 4 is 17.5 Å². The maximum atomic E-state index is 12.6. The Labute approximate surface area is 174 Å². The minimum Gasteiger partial charge on any atom is -0.508 e. The quantitative estimate of drug-likeness (QED) is 0.455. The van der Waals surface area contributed by atoms with Gasteiger partial charge < -0.3 is 20.3 Å². The molecule has 2 aromatic heterocycles. The highest BCUT2D eigenvalue weighted by Gasteiger charge is 2.14. The van der Waals surface area contributed by atoms with Crippen LogP contribution in [0.3, 0.4) is 0 Å². The Balaban J connectivity index is 1.45. The third-order valence-corrected chi connectivity index (χ3v) is 4.62. The van der Waals surface area contributed by atoms with Crippen LogP contribution in [0.5, 0.6) is 5.75 Å². The fraction of sp³-hybridized carbons (Fsp3) is 0.0870. The van der Waals surface area contributed by atoms with Gasteiger partial charge in [0.1, 0.15) is 11.4 Å². The third-order valence-electron chi connectivity index (χ3n) is 4.62. The normalized spacial score (nSPS) is 10.6. The predicted molar refractivity (Wildman–Crippen MR) is 116 cm³/mol. The first kappa shape index (κ1) is 19.2. The number of aromatic nitrogens is 3. The molecule has 0 saturated heterocycles. The molecule has 0 unspecified atom stereocenters. The van der Waals surface area contributed by atoms with Crippen LogP contribution < -0.4 is 10.6 Å². The number of hydrogen-bond acceptors (Lipinski definition) is 5. The summed E-state index contributed by atoms with van der Waals surface area (Å²) in [4.78, 5) is 21.4. The van der Waals surface area contributed by atoms with E-state index in [1.54, 1.807) is 48.3 Å². The van der Waals surface area contributed by atoms with Gasteiger partial charge in [0.2, 0.25) is 5.95 Å². The fourth-order valence-corrected chi connectivity index (χ4v) is 3.07. The maximum absolute atomic E-state index is 12.6. The Morgan fingerprint density at radius 1 is 1.00 bits per heavy atom. The fourth-order valence-electron chi connectivity index (χ4n) is 3.07. The molecule has 0 bridgehead atoms. The van der Waals surface area contributed by atoms with Crippen molar-refractivity contribution in [3.8, 4) is 16.9 Å². The molecule has 0 radical (unpaired) electrons. The second kappa shape index (κ2) is 8.48. The minimum atomic E-state index is -0.267. The number of phenolic OH excluding ortho intramolecular Hbond substituents is 1. The molecule has 30 heavy (non-hydrogen) atoms. The number of amides is 1. The first-order valence-electron chi connectivity index (χ1n) is 9.45. The zero-order valence-electron chi connectivity index (χ0n) is 16.4. The second-order valence-corrected chi connectivity index (χ2v) is 6.86. The Hall–Kier alpha value is -4.13. The SMILES string of the molecule is Cn1cc(-c2cnc(NCc3ccccc3)nc2)cc1C(=O)Nc1cccc(O)c1. The van der Waals surface area contributed by atoms with E-state index in [1.807, 2.05) is 36.5 Å². The van der Waals surface area contributed by atoms with E-state index in [1.165, 1.54) is 6.07 Å². The molecule has 150 valence electrons. The van der Waals surface area contributed by atoms with E-state index in [0.717, 1.165) is 16.7 Å². The van der Waals surface area contributed by atoms with Crippen molar-refractivity contribution in [2.24, 2.45) is 7.05 Å². The second-order valence-electron chi connectivity index (χ2n) is 6.86. The van der Waals surface area contributed by atoms with Gasteiger partial charge in [0, 0.05) is 55.1 Å². The summed E-state index contributed by atoms with van der Waals surface area (Å²) in [6, 6.07) is 18.3. The molecule has 2 aromatic carbocycles. The van der Waals surface area contributed by atoms with Crippen LogP contribution in [0.4, 0.5) is 11.6 Å². The highest BCUT2D eigenvalue weighted by atomic mass is 16.3. The van der Waals surface area contributed by atoms with Gasteiger partial charge in [-0.25, -0.2) is 9.97 Å². The van der Waals surface area contributed by atoms with Crippen molar-refractivity contribution in [2.45, 2.75) is 6.54 Å². The van der Waals surface area contributed by atoms with Crippen molar-refractivity contribution < 1.29 is 9.90 Å². The number of phenols is 1. The van der Waals surface area contributed by atoms with E-state index in [4.69, 9.17) is 0 Å². The van der Waals surface area contributed by atoms with Crippen molar-refractivity contribution in [3.63, 3.8) is 0 Å². The van der Waals surface area contributed by atoms with Crippen LogP contribution in [-0.2, 0) is 13.6 Å². The summed E-state index contributed by atoms with van der Waals surface area (Å²) in [7, 11) is 1.80. The lowest BCUT2D eigenvalue weighted by molar-refractivity contribution is 0.101. The van der Waals surface area contributed by atoms with E-state index >= 15 is 0 Å². The molecular formula is C23H21N5O2. The summed E-state index contributed by atoms with van der Waals surface area (Å²) in [5.74, 6) is 0.371. The molecule has 2 heterocycles. The molecular weight excluding hydrogens is 378 g/mol. The molecule has 0 aliphatic carbocycles. The zero-order valence-corrected chi connectivity index (χ0v) is 16.4. The first-order valence-corrected chi connectivity index (χ1v) is 9.45. The number of nitrogens with zero attached hydrogens (tertiary/aromatic N) is 3. The maximum Gasteiger partial charge on any atom is 0.272 e. The number of aryl methyl sites for hydroxylation is 1. The lowest BCUT2D eigenvalue weighted by Gasteiger charge is -2.06. The summed E-state index contributed by atoms with van der Waals surface area (Å²) in [5, 5.41) is 15.5. The number of rotatable bonds is 6. The van der Waals surface area contributed by atoms with Gasteiger partial charge in [-0.1, -0.05) is 36.4 Å². The average molecular weight is 399 g/mol. The van der Waals surface area contributed by atoms with Gasteiger partial charge in [-0.3, -0.25) is 4.79 Å². The molecule has 4 rings (SSSR count). The van der Waals surface area contributed by atoms with Gasteiger partial charge in [0.15, 0.2) is 0 Å². The molecule has 0 fully saturated rings. The van der Waals surface area contributed by atoms with Crippen molar-refractivity contribution in [1.82, 2.24) is 14.5 Å². The van der Waals surface area contributed by atoms with Crippen LogP contribution in [0.1, 0.15) is 16.1 Å². The van der Waals surface area contributed by atoms with E-state index in [9.17, 15) is 9.90 Å². The van der Waals surface area contributed by atoms with Gasteiger partial charge in [-0.05, 0) is 23.8 Å². The van der Waals surface area contributed by atoms with Crippen LogP contribution in [0.2, 0.25) is 0 Å². The number of carbonyl (C=O) groups excluding carboxylic acids is 1. The first-order chi connectivity index (χ1) is 14.6. The number of nitrogens with one attached hydrogen (secondary N) is 2. The number of hydrogen-bond donors (Lipinski definition) is 3. The molecule has 4 aromatic rings. The number of aromatic hydroxyl groups is 1. The standard InChI is InChI=1S/C23H21N5O2/c1-28-15-17(10-21(28)22(30)27-19-8-5-9-20(29)11-19)18-13-25-23(26-14-18)24-12-16-6-3-2-4-7-16/h2-11,13-15,29H,12H2,1H3,(H,27,30)(H,24,25,26). The van der Waals surface area contributed by atoms with E-state index in [2.05, 4.69) is 20.6 Å². The molecule has 0 atom stereocenters. The number of benzene rings is 2. The number of anilines is 2. The highest BCUT2D eigenvalue weighted by Crippen LogP contribution is 2.22. The van der Waals surface area contributed by atoms with Gasteiger partial charge >= 0.3 is 0 Å². The molecule has 0 saturated carbocycles. The van der Waals surface area contributed by atoms with E-state index in [0.29, 0.717) is 23.9 Å². The molecule has 3 N–H and O–H groups in total. The van der Waals surface area contributed by atoms with Crippen LogP contribution in [-0.4, -0.2) is 25.5 Å².